The van der Waals surface area contributed by atoms with Crippen LogP contribution in [-0.2, 0) is 40.3 Å². The number of alkyl halides is 3. The van der Waals surface area contributed by atoms with E-state index < -0.39 is 29.6 Å². The summed E-state index contributed by atoms with van der Waals surface area (Å²) >= 11 is 0. The molecule has 1 atom stereocenters. The van der Waals surface area contributed by atoms with Crippen molar-refractivity contribution in [2.75, 3.05) is 11.1 Å². The van der Waals surface area contributed by atoms with Crippen LogP contribution < -0.4 is 11.1 Å². The molecular formula is C24H23F3N6O3. The number of nitrogens with two attached hydrogens (primary N) is 1. The average Bonchev–Trinajstić information content (AvgIpc) is 3.35. The summed E-state index contributed by atoms with van der Waals surface area (Å²) in [5.74, 6) is -1.59. The highest BCUT2D eigenvalue weighted by Gasteiger charge is 2.33. The van der Waals surface area contributed by atoms with Gasteiger partial charge in [0.15, 0.2) is 0 Å². The van der Waals surface area contributed by atoms with Gasteiger partial charge in [0.2, 0.25) is 0 Å². The van der Waals surface area contributed by atoms with Gasteiger partial charge < -0.3 is 20.7 Å². The Hall–Kier alpha value is -4.06. The van der Waals surface area contributed by atoms with Gasteiger partial charge in [-0.25, -0.2) is 4.98 Å². The summed E-state index contributed by atoms with van der Waals surface area (Å²) in [6.45, 7) is 3.72. The number of hydrogen-bond acceptors (Lipinski definition) is 7. The molecule has 0 fully saturated rings. The number of anilines is 2. The van der Waals surface area contributed by atoms with Crippen molar-refractivity contribution in [3.8, 4) is 0 Å². The summed E-state index contributed by atoms with van der Waals surface area (Å²) in [6, 6.07) is 4.91. The minimum atomic E-state index is -4.55. The minimum absolute atomic E-state index is 0.174. The number of aromatic nitrogens is 3. The van der Waals surface area contributed by atoms with Crippen molar-refractivity contribution in [1.29, 1.82) is 0 Å². The zero-order chi connectivity index (χ0) is 26.0. The molecule has 3 aromatic heterocycles. The van der Waals surface area contributed by atoms with Crippen LogP contribution in [0, 0.1) is 6.92 Å². The van der Waals surface area contributed by atoms with Crippen molar-refractivity contribution < 1.29 is 27.5 Å². The lowest BCUT2D eigenvalue weighted by Crippen LogP contribution is -2.41. The van der Waals surface area contributed by atoms with Crippen LogP contribution in [0.3, 0.4) is 0 Å². The fourth-order valence-electron chi connectivity index (χ4n) is 3.93. The Balaban J connectivity index is 1.62. The number of ether oxygens (including phenoxy) is 1. The normalized spacial score (nSPS) is 13.7. The fourth-order valence-corrected chi connectivity index (χ4v) is 3.93. The third-order valence-corrected chi connectivity index (χ3v) is 5.92. The molecule has 2 amide bonds. The van der Waals surface area contributed by atoms with Gasteiger partial charge in [-0.2, -0.15) is 13.2 Å². The first-order valence-corrected chi connectivity index (χ1v) is 11.0. The van der Waals surface area contributed by atoms with Crippen LogP contribution in [-0.4, -0.2) is 31.7 Å². The van der Waals surface area contributed by atoms with Crippen molar-refractivity contribution in [1.82, 2.24) is 19.9 Å². The van der Waals surface area contributed by atoms with E-state index in [2.05, 4.69) is 20.3 Å². The molecule has 9 nitrogen and oxygen atoms in total. The van der Waals surface area contributed by atoms with Gasteiger partial charge in [-0.3, -0.25) is 19.6 Å². The first kappa shape index (κ1) is 25.0. The molecule has 12 heteroatoms. The molecule has 0 aromatic carbocycles. The number of nitrogen functional groups attached to an aromatic ring is 1. The molecule has 1 aliphatic rings. The summed E-state index contributed by atoms with van der Waals surface area (Å²) in [5.41, 5.74) is 8.00. The lowest BCUT2D eigenvalue weighted by atomic mass is 10.1. The third-order valence-electron chi connectivity index (χ3n) is 5.92. The Kier molecular flexibility index (Phi) is 6.88. The summed E-state index contributed by atoms with van der Waals surface area (Å²) < 4.78 is 44.2. The second-order valence-electron chi connectivity index (χ2n) is 8.31. The van der Waals surface area contributed by atoms with Crippen LogP contribution in [0.15, 0.2) is 42.9 Å². The highest BCUT2D eigenvalue weighted by Crippen LogP contribution is 2.31. The number of halogens is 3. The number of fused-ring (bicyclic) bond motifs is 1. The zero-order valence-electron chi connectivity index (χ0n) is 19.5. The molecule has 36 heavy (non-hydrogen) atoms. The second kappa shape index (κ2) is 9.90. The number of amides is 2. The molecule has 4 heterocycles. The van der Waals surface area contributed by atoms with Gasteiger partial charge in [-0.05, 0) is 37.6 Å². The van der Waals surface area contributed by atoms with E-state index in [1.54, 1.807) is 32.2 Å². The number of nitrogens with one attached hydrogen (secondary N) is 1. The van der Waals surface area contributed by atoms with Crippen LogP contribution in [0.2, 0.25) is 0 Å². The van der Waals surface area contributed by atoms with E-state index in [-0.39, 0.29) is 31.3 Å². The van der Waals surface area contributed by atoms with Crippen molar-refractivity contribution in [3.05, 3.63) is 76.5 Å². The van der Waals surface area contributed by atoms with Crippen molar-refractivity contribution in [2.24, 2.45) is 0 Å². The van der Waals surface area contributed by atoms with Crippen LogP contribution >= 0.6 is 0 Å². The Morgan fingerprint density at radius 3 is 2.56 bits per heavy atom. The molecule has 0 saturated heterocycles. The lowest BCUT2D eigenvalue weighted by Gasteiger charge is -2.29. The molecular weight excluding hydrogens is 477 g/mol. The van der Waals surface area contributed by atoms with E-state index in [1.165, 1.54) is 17.2 Å². The number of hydrogen-bond donors (Lipinski definition) is 2. The van der Waals surface area contributed by atoms with Gasteiger partial charge in [-0.15, -0.1) is 0 Å². The minimum Gasteiger partial charge on any atom is -0.383 e. The molecule has 3 aromatic rings. The fraction of sp³-hybridized carbons (Fsp3) is 0.292. The van der Waals surface area contributed by atoms with Gasteiger partial charge in [-0.1, -0.05) is 6.07 Å². The Morgan fingerprint density at radius 1 is 1.14 bits per heavy atom. The Bertz CT molecular complexity index is 1300. The van der Waals surface area contributed by atoms with E-state index in [4.69, 9.17) is 10.5 Å². The summed E-state index contributed by atoms with van der Waals surface area (Å²) in [4.78, 5) is 39.9. The first-order valence-electron chi connectivity index (χ1n) is 11.0. The highest BCUT2D eigenvalue weighted by atomic mass is 19.4. The van der Waals surface area contributed by atoms with E-state index in [1.807, 2.05) is 0 Å². The van der Waals surface area contributed by atoms with Crippen LogP contribution in [0.4, 0.5) is 24.7 Å². The predicted octanol–water partition coefficient (Wildman–Crippen LogP) is 3.54. The van der Waals surface area contributed by atoms with Crippen LogP contribution in [0.1, 0.15) is 46.6 Å². The van der Waals surface area contributed by atoms with Crippen LogP contribution in [0.5, 0.6) is 0 Å². The monoisotopic (exact) mass is 500 g/mol. The van der Waals surface area contributed by atoms with E-state index in [0.717, 1.165) is 11.6 Å². The number of aryl methyl sites for hydroxylation is 1. The molecule has 0 saturated carbocycles. The first-order chi connectivity index (χ1) is 17.1. The maximum Gasteiger partial charge on any atom is 0.417 e. The Morgan fingerprint density at radius 2 is 1.89 bits per heavy atom. The van der Waals surface area contributed by atoms with Gasteiger partial charge >= 0.3 is 18.0 Å². The van der Waals surface area contributed by atoms with Gasteiger partial charge in [0.1, 0.15) is 5.82 Å². The maximum absolute atomic E-state index is 13.4. The molecule has 4 rings (SSSR count). The van der Waals surface area contributed by atoms with Gasteiger partial charge in [0.05, 0.1) is 54.6 Å². The second-order valence-corrected chi connectivity index (χ2v) is 8.31. The molecule has 0 radical (unpaired) electrons. The third kappa shape index (κ3) is 5.13. The van der Waals surface area contributed by atoms with Crippen molar-refractivity contribution >= 4 is 23.3 Å². The Labute approximate surface area is 204 Å². The quantitative estimate of drug-likeness (QED) is 0.514. The summed E-state index contributed by atoms with van der Waals surface area (Å²) in [7, 11) is 0. The largest absolute Gasteiger partial charge is 0.417 e. The van der Waals surface area contributed by atoms with E-state index in [0.29, 0.717) is 28.7 Å². The van der Waals surface area contributed by atoms with Gasteiger partial charge in [0, 0.05) is 23.5 Å². The average molecular weight is 500 g/mol. The standard InChI is InChI=1S/C24H23F3N6O3/c1-13-4-3-7-29-20(13)14(2)33(10-16-6-5-15(8-30-16)24(25,26)27)23(35)22(34)32-19-9-31-21(28)18-12-36-11-17(18)19/h3-9,14H,10-12H2,1-2H3,(H2,28,31)(H,32,34). The molecule has 0 bridgehead atoms. The van der Waals surface area contributed by atoms with Gasteiger partial charge in [0.25, 0.3) is 0 Å². The number of pyridine rings is 3. The number of nitrogens with zero attached hydrogens (tertiary/aromatic N) is 4. The molecule has 0 aliphatic carbocycles. The smallest absolute Gasteiger partial charge is 0.383 e. The summed E-state index contributed by atoms with van der Waals surface area (Å²) in [6.07, 6.45) is -0.947. The van der Waals surface area contributed by atoms with Crippen molar-refractivity contribution in [3.63, 3.8) is 0 Å². The maximum atomic E-state index is 13.4. The highest BCUT2D eigenvalue weighted by molar-refractivity contribution is 6.39. The topological polar surface area (TPSA) is 123 Å². The zero-order valence-corrected chi connectivity index (χ0v) is 19.5. The van der Waals surface area contributed by atoms with Crippen LogP contribution in [0.25, 0.3) is 0 Å². The number of carbonyl (C=O) groups is 2. The summed E-state index contributed by atoms with van der Waals surface area (Å²) in [5, 5.41) is 2.57. The molecule has 1 unspecified atom stereocenters. The molecule has 3 N–H and O–H groups in total. The molecule has 1 aliphatic heterocycles. The SMILES string of the molecule is Cc1cccnc1C(C)N(Cc1ccc(C(F)(F)F)cn1)C(=O)C(=O)Nc1cnc(N)c2c1COC2. The molecule has 0 spiro atoms. The number of carbonyl (C=O) groups excluding carboxylic acids is 2. The number of rotatable bonds is 5. The molecule has 188 valence electrons. The predicted molar refractivity (Wildman–Crippen MR) is 123 cm³/mol. The van der Waals surface area contributed by atoms with Crippen molar-refractivity contribution in [2.45, 2.75) is 45.8 Å². The van der Waals surface area contributed by atoms with E-state index >= 15 is 0 Å². The van der Waals surface area contributed by atoms with E-state index in [9.17, 15) is 22.8 Å². The lowest BCUT2D eigenvalue weighted by molar-refractivity contribution is -0.145.